The molecule has 0 aromatic heterocycles. The zero-order chi connectivity index (χ0) is 22.5. The van der Waals surface area contributed by atoms with Crippen LogP contribution in [0.1, 0.15) is 116 Å². The number of amides is 1. The molecule has 180 valence electrons. The molecule has 0 aliphatic carbocycles. The summed E-state index contributed by atoms with van der Waals surface area (Å²) in [5, 5.41) is 2.67. The van der Waals surface area contributed by atoms with Crippen molar-refractivity contribution in [2.75, 3.05) is 13.2 Å². The van der Waals surface area contributed by atoms with E-state index in [1.807, 2.05) is 0 Å². The van der Waals surface area contributed by atoms with Crippen molar-refractivity contribution in [2.45, 2.75) is 122 Å². The van der Waals surface area contributed by atoms with Crippen LogP contribution in [-0.2, 0) is 13.9 Å². The molecule has 30 heavy (non-hydrogen) atoms. The molecule has 0 unspecified atom stereocenters. The van der Waals surface area contributed by atoms with E-state index in [0.717, 1.165) is 12.8 Å². The minimum atomic E-state index is -4.59. The van der Waals surface area contributed by atoms with Crippen LogP contribution in [0.4, 0.5) is 0 Å². The summed E-state index contributed by atoms with van der Waals surface area (Å²) in [6.45, 7) is 2.30. The van der Waals surface area contributed by atoms with E-state index in [1.165, 1.54) is 96.3 Å². The second-order valence-corrected chi connectivity index (χ2v) is 9.58. The second-order valence-electron chi connectivity index (χ2n) is 8.34. The summed E-state index contributed by atoms with van der Waals surface area (Å²) in [4.78, 5) is 28.8. The van der Waals surface area contributed by atoms with E-state index >= 15 is 0 Å². The van der Waals surface area contributed by atoms with Crippen molar-refractivity contribution in [1.82, 2.24) is 5.32 Å². The fourth-order valence-corrected chi connectivity index (χ4v) is 3.80. The van der Waals surface area contributed by atoms with Crippen LogP contribution in [0, 0.1) is 0 Å². The molecule has 0 aliphatic rings. The molecule has 7 nitrogen and oxygen atoms in total. The molecular weight excluding hydrogens is 403 g/mol. The largest absolute Gasteiger partial charge is 0.469 e. The van der Waals surface area contributed by atoms with Gasteiger partial charge in [-0.15, -0.1) is 0 Å². The summed E-state index contributed by atoms with van der Waals surface area (Å²) >= 11 is 0. The molecule has 0 fully saturated rings. The summed E-state index contributed by atoms with van der Waals surface area (Å²) in [5.74, 6) is -0.444. The molecule has 0 bridgehead atoms. The third kappa shape index (κ3) is 22.2. The van der Waals surface area contributed by atoms with E-state index in [0.29, 0.717) is 6.54 Å². The highest BCUT2D eigenvalue weighted by molar-refractivity contribution is 7.46. The van der Waals surface area contributed by atoms with Crippen molar-refractivity contribution in [2.24, 2.45) is 5.73 Å². The van der Waals surface area contributed by atoms with Gasteiger partial charge in [0.1, 0.15) is 6.04 Å². The minimum Gasteiger partial charge on any atom is -0.355 e. The number of rotatable bonds is 22. The first-order chi connectivity index (χ1) is 14.4. The highest BCUT2D eigenvalue weighted by atomic mass is 31.2. The summed E-state index contributed by atoms with van der Waals surface area (Å²) in [7, 11) is -4.59. The predicted molar refractivity (Wildman–Crippen MR) is 123 cm³/mol. The second kappa shape index (κ2) is 20.4. The Kier molecular flexibility index (Phi) is 20.1. The van der Waals surface area contributed by atoms with Crippen LogP contribution in [-0.4, -0.2) is 34.9 Å². The number of hydrogen-bond donors (Lipinski definition) is 4. The summed E-state index contributed by atoms with van der Waals surface area (Å²) in [6.07, 6.45) is 22.3. The molecule has 0 aromatic rings. The summed E-state index contributed by atoms with van der Waals surface area (Å²) in [5.41, 5.74) is 5.52. The van der Waals surface area contributed by atoms with Crippen molar-refractivity contribution in [1.29, 1.82) is 0 Å². The van der Waals surface area contributed by atoms with Gasteiger partial charge >= 0.3 is 7.82 Å². The lowest BCUT2D eigenvalue weighted by molar-refractivity contribution is -0.123. The van der Waals surface area contributed by atoms with Gasteiger partial charge in [0.25, 0.3) is 0 Å². The van der Waals surface area contributed by atoms with Crippen molar-refractivity contribution < 1.29 is 23.7 Å². The van der Waals surface area contributed by atoms with E-state index in [4.69, 9.17) is 15.5 Å². The smallest absolute Gasteiger partial charge is 0.355 e. The van der Waals surface area contributed by atoms with Crippen LogP contribution in [0.5, 0.6) is 0 Å². The molecule has 0 aromatic carbocycles. The Bertz CT molecular complexity index is 445. The number of hydrogen-bond acceptors (Lipinski definition) is 4. The van der Waals surface area contributed by atoms with E-state index in [-0.39, 0.29) is 0 Å². The SMILES string of the molecule is CCCCCCCCCCCCCCCCCCCNC(=O)[C@H](N)COP(=O)(O)O. The zero-order valence-electron chi connectivity index (χ0n) is 19.2. The molecule has 0 spiro atoms. The van der Waals surface area contributed by atoms with E-state index < -0.39 is 26.4 Å². The third-order valence-corrected chi connectivity index (χ3v) is 5.82. The van der Waals surface area contributed by atoms with Crippen LogP contribution < -0.4 is 11.1 Å². The van der Waals surface area contributed by atoms with Crippen LogP contribution in [0.3, 0.4) is 0 Å². The predicted octanol–water partition coefficient (Wildman–Crippen LogP) is 5.19. The number of phosphoric acid groups is 1. The minimum absolute atomic E-state index is 0.444. The van der Waals surface area contributed by atoms with Gasteiger partial charge in [-0.1, -0.05) is 110 Å². The zero-order valence-corrected chi connectivity index (χ0v) is 20.1. The number of unbranched alkanes of at least 4 members (excludes halogenated alkanes) is 16. The van der Waals surface area contributed by atoms with Gasteiger partial charge < -0.3 is 20.8 Å². The van der Waals surface area contributed by atoms with Gasteiger partial charge in [0.15, 0.2) is 0 Å². The van der Waals surface area contributed by atoms with Crippen molar-refractivity contribution in [3.05, 3.63) is 0 Å². The Hall–Kier alpha value is -0.460. The third-order valence-electron chi connectivity index (χ3n) is 5.34. The maximum Gasteiger partial charge on any atom is 0.469 e. The Labute approximate surface area is 184 Å². The van der Waals surface area contributed by atoms with E-state index in [2.05, 4.69) is 16.8 Å². The molecule has 0 heterocycles. The van der Waals surface area contributed by atoms with Crippen LogP contribution in [0.2, 0.25) is 0 Å². The lowest BCUT2D eigenvalue weighted by atomic mass is 10.0. The number of carbonyl (C=O) groups is 1. The molecule has 0 rings (SSSR count). The van der Waals surface area contributed by atoms with Gasteiger partial charge in [-0.2, -0.15) is 0 Å². The average molecular weight is 451 g/mol. The van der Waals surface area contributed by atoms with Gasteiger partial charge in [-0.3, -0.25) is 9.32 Å². The lowest BCUT2D eigenvalue weighted by Gasteiger charge is -2.12. The first kappa shape index (κ1) is 29.5. The Morgan fingerprint density at radius 1 is 0.800 bits per heavy atom. The van der Waals surface area contributed by atoms with Crippen LogP contribution in [0.25, 0.3) is 0 Å². The summed E-state index contributed by atoms with van der Waals surface area (Å²) in [6, 6.07) is -1.07. The maximum atomic E-state index is 11.7. The molecule has 0 radical (unpaired) electrons. The van der Waals surface area contributed by atoms with Crippen molar-refractivity contribution in [3.8, 4) is 0 Å². The van der Waals surface area contributed by atoms with Gasteiger partial charge in [0.05, 0.1) is 6.61 Å². The van der Waals surface area contributed by atoms with Gasteiger partial charge in [0.2, 0.25) is 5.91 Å². The highest BCUT2D eigenvalue weighted by Gasteiger charge is 2.20. The quantitative estimate of drug-likeness (QED) is 0.133. The highest BCUT2D eigenvalue weighted by Crippen LogP contribution is 2.35. The van der Waals surface area contributed by atoms with Gasteiger partial charge in [-0.25, -0.2) is 4.57 Å². The fourth-order valence-electron chi connectivity index (χ4n) is 3.45. The maximum absolute atomic E-state index is 11.7. The number of nitrogens with two attached hydrogens (primary N) is 1. The van der Waals surface area contributed by atoms with Crippen LogP contribution >= 0.6 is 7.82 Å². The standard InChI is InChI=1S/C22H47N2O5P/c1-2-3-4-5-6-7-8-9-10-11-12-13-14-15-16-17-18-19-24-22(25)21(23)20-29-30(26,27)28/h21H,2-20,23H2,1H3,(H,24,25)(H2,26,27,28)/t21-/m1/s1. The molecular formula is C22H47N2O5P. The first-order valence-electron chi connectivity index (χ1n) is 12.1. The van der Waals surface area contributed by atoms with Crippen molar-refractivity contribution >= 4 is 13.7 Å². The lowest BCUT2D eigenvalue weighted by Crippen LogP contribution is -2.43. The van der Waals surface area contributed by atoms with Gasteiger partial charge in [0, 0.05) is 6.54 Å². The Morgan fingerprint density at radius 3 is 1.53 bits per heavy atom. The normalized spacial score (nSPS) is 12.8. The van der Waals surface area contributed by atoms with E-state index in [1.54, 1.807) is 0 Å². The number of carbonyl (C=O) groups excluding carboxylic acids is 1. The molecule has 8 heteroatoms. The number of nitrogens with one attached hydrogen (secondary N) is 1. The fraction of sp³-hybridized carbons (Fsp3) is 0.955. The molecule has 0 saturated carbocycles. The molecule has 1 amide bonds. The Balaban J connectivity index is 3.26. The molecule has 0 aliphatic heterocycles. The first-order valence-corrected chi connectivity index (χ1v) is 13.6. The molecule has 1 atom stereocenters. The molecule has 5 N–H and O–H groups in total. The molecule has 0 saturated heterocycles. The summed E-state index contributed by atoms with van der Waals surface area (Å²) < 4.78 is 14.8. The average Bonchev–Trinajstić information content (AvgIpc) is 2.70. The van der Waals surface area contributed by atoms with Gasteiger partial charge in [-0.05, 0) is 6.42 Å². The Morgan fingerprint density at radius 2 is 1.17 bits per heavy atom. The van der Waals surface area contributed by atoms with Crippen LogP contribution in [0.15, 0.2) is 0 Å². The number of phosphoric ester groups is 1. The van der Waals surface area contributed by atoms with Crippen molar-refractivity contribution in [3.63, 3.8) is 0 Å². The topological polar surface area (TPSA) is 122 Å². The van der Waals surface area contributed by atoms with E-state index in [9.17, 15) is 9.36 Å². The monoisotopic (exact) mass is 450 g/mol.